The molecule has 1 saturated heterocycles. The molecule has 0 unspecified atom stereocenters. The van der Waals surface area contributed by atoms with Gasteiger partial charge < -0.3 is 10.6 Å². The lowest BCUT2D eigenvalue weighted by Crippen LogP contribution is -2.38. The van der Waals surface area contributed by atoms with Crippen molar-refractivity contribution in [3.8, 4) is 0 Å². The maximum atomic E-state index is 5.67. The summed E-state index contributed by atoms with van der Waals surface area (Å²) in [5, 5.41) is 0.256. The second-order valence-electron chi connectivity index (χ2n) is 2.76. The molecule has 0 amide bonds. The van der Waals surface area contributed by atoms with Gasteiger partial charge in [0.25, 0.3) is 0 Å². The second kappa shape index (κ2) is 2.79. The van der Waals surface area contributed by atoms with Crippen molar-refractivity contribution in [2.45, 2.75) is 6.42 Å². The van der Waals surface area contributed by atoms with Crippen molar-refractivity contribution in [1.82, 2.24) is 9.97 Å². The molecule has 1 aromatic heterocycles. The highest BCUT2D eigenvalue weighted by molar-refractivity contribution is 6.28. The molecule has 0 atom stereocenters. The minimum atomic E-state index is 0.256. The molecular weight excluding hydrogens is 176 g/mol. The molecule has 0 aromatic carbocycles. The van der Waals surface area contributed by atoms with Gasteiger partial charge in [0.05, 0.1) is 11.9 Å². The fourth-order valence-corrected chi connectivity index (χ4v) is 1.27. The number of nitrogens with zero attached hydrogens (tertiary/aromatic N) is 3. The molecule has 0 aliphatic carbocycles. The first-order chi connectivity index (χ1) is 5.77. The van der Waals surface area contributed by atoms with Gasteiger partial charge in [0.15, 0.2) is 5.82 Å². The first kappa shape index (κ1) is 7.61. The molecule has 2 heterocycles. The van der Waals surface area contributed by atoms with E-state index < -0.39 is 0 Å². The predicted octanol–water partition coefficient (Wildman–Crippen LogP) is 0.922. The Balaban J connectivity index is 2.34. The quantitative estimate of drug-likeness (QED) is 0.660. The zero-order chi connectivity index (χ0) is 8.55. The van der Waals surface area contributed by atoms with Crippen molar-refractivity contribution in [2.24, 2.45) is 0 Å². The van der Waals surface area contributed by atoms with Gasteiger partial charge in [-0.05, 0) is 18.0 Å². The average molecular weight is 185 g/mol. The highest BCUT2D eigenvalue weighted by atomic mass is 35.5. The van der Waals surface area contributed by atoms with Gasteiger partial charge in [-0.25, -0.2) is 4.98 Å². The summed E-state index contributed by atoms with van der Waals surface area (Å²) in [5.41, 5.74) is 6.27. The Morgan fingerprint density at radius 3 is 2.83 bits per heavy atom. The third-order valence-electron chi connectivity index (χ3n) is 1.92. The molecule has 1 fully saturated rings. The fourth-order valence-electron chi connectivity index (χ4n) is 1.14. The van der Waals surface area contributed by atoms with Crippen LogP contribution in [0, 0.1) is 0 Å². The van der Waals surface area contributed by atoms with Crippen LogP contribution in [-0.4, -0.2) is 23.1 Å². The summed E-state index contributed by atoms with van der Waals surface area (Å²) in [6.07, 6.45) is 2.74. The molecular formula is C7H9ClN4. The van der Waals surface area contributed by atoms with Crippen LogP contribution in [0.25, 0.3) is 0 Å². The molecule has 12 heavy (non-hydrogen) atoms. The van der Waals surface area contributed by atoms with E-state index in [2.05, 4.69) is 14.9 Å². The number of hydrogen-bond donors (Lipinski definition) is 1. The minimum Gasteiger partial charge on any atom is -0.394 e. The van der Waals surface area contributed by atoms with E-state index in [9.17, 15) is 0 Å². The zero-order valence-electron chi connectivity index (χ0n) is 6.50. The van der Waals surface area contributed by atoms with E-state index in [0.29, 0.717) is 5.69 Å². The first-order valence-electron chi connectivity index (χ1n) is 3.80. The fraction of sp³-hybridized carbons (Fsp3) is 0.429. The highest BCUT2D eigenvalue weighted by Crippen LogP contribution is 2.24. The van der Waals surface area contributed by atoms with Crippen molar-refractivity contribution >= 4 is 23.1 Å². The number of nitrogens with two attached hydrogens (primary N) is 1. The molecule has 0 saturated carbocycles. The van der Waals surface area contributed by atoms with Gasteiger partial charge in [-0.15, -0.1) is 0 Å². The van der Waals surface area contributed by atoms with Crippen LogP contribution >= 0.6 is 11.6 Å². The Labute approximate surface area is 75.4 Å². The monoisotopic (exact) mass is 184 g/mol. The van der Waals surface area contributed by atoms with Gasteiger partial charge in [-0.2, -0.15) is 4.98 Å². The van der Waals surface area contributed by atoms with Crippen molar-refractivity contribution < 1.29 is 0 Å². The van der Waals surface area contributed by atoms with E-state index >= 15 is 0 Å². The lowest BCUT2D eigenvalue weighted by Gasteiger charge is -2.32. The Kier molecular flexibility index (Phi) is 1.77. The number of halogens is 1. The van der Waals surface area contributed by atoms with Gasteiger partial charge >= 0.3 is 0 Å². The molecule has 64 valence electrons. The lowest BCUT2D eigenvalue weighted by atomic mass is 10.2. The Morgan fingerprint density at radius 1 is 1.50 bits per heavy atom. The Morgan fingerprint density at radius 2 is 2.25 bits per heavy atom. The lowest BCUT2D eigenvalue weighted by molar-refractivity contribution is 0.610. The second-order valence-corrected chi connectivity index (χ2v) is 3.10. The average Bonchev–Trinajstić information content (AvgIpc) is 1.93. The molecule has 1 aliphatic rings. The van der Waals surface area contributed by atoms with Crippen molar-refractivity contribution in [1.29, 1.82) is 0 Å². The number of nitrogen functional groups attached to an aromatic ring is 1. The van der Waals surface area contributed by atoms with Gasteiger partial charge in [-0.1, -0.05) is 0 Å². The van der Waals surface area contributed by atoms with E-state index in [1.165, 1.54) is 6.42 Å². The molecule has 1 aliphatic heterocycles. The van der Waals surface area contributed by atoms with E-state index in [1.807, 2.05) is 0 Å². The minimum absolute atomic E-state index is 0.256. The van der Waals surface area contributed by atoms with Crippen LogP contribution in [0.1, 0.15) is 6.42 Å². The van der Waals surface area contributed by atoms with Crippen LogP contribution in [0.15, 0.2) is 6.20 Å². The van der Waals surface area contributed by atoms with Crippen LogP contribution in [0.2, 0.25) is 5.28 Å². The van der Waals surface area contributed by atoms with Gasteiger partial charge in [0.1, 0.15) is 0 Å². The van der Waals surface area contributed by atoms with Crippen molar-refractivity contribution in [3.05, 3.63) is 11.5 Å². The van der Waals surface area contributed by atoms with Crippen molar-refractivity contribution in [2.75, 3.05) is 23.7 Å². The summed E-state index contributed by atoms with van der Waals surface area (Å²) in [6, 6.07) is 0. The molecule has 0 spiro atoms. The summed E-state index contributed by atoms with van der Waals surface area (Å²) in [7, 11) is 0. The topological polar surface area (TPSA) is 55.0 Å². The summed E-state index contributed by atoms with van der Waals surface area (Å²) in [4.78, 5) is 9.92. The molecule has 4 nitrogen and oxygen atoms in total. The number of anilines is 2. The molecule has 0 bridgehead atoms. The third kappa shape index (κ3) is 1.18. The van der Waals surface area contributed by atoms with E-state index in [-0.39, 0.29) is 5.28 Å². The normalized spacial score (nSPS) is 15.9. The standard InChI is InChI=1S/C7H9ClN4/c8-7-10-4-5(9)6(11-7)12-2-1-3-12/h4H,1-3,9H2. The van der Waals surface area contributed by atoms with Crippen LogP contribution in [-0.2, 0) is 0 Å². The van der Waals surface area contributed by atoms with Gasteiger partial charge in [-0.3, -0.25) is 0 Å². The summed E-state index contributed by atoms with van der Waals surface area (Å²) >= 11 is 5.64. The number of rotatable bonds is 1. The smallest absolute Gasteiger partial charge is 0.224 e. The predicted molar refractivity (Wildman–Crippen MR) is 48.3 cm³/mol. The zero-order valence-corrected chi connectivity index (χ0v) is 7.25. The van der Waals surface area contributed by atoms with E-state index in [0.717, 1.165) is 18.9 Å². The highest BCUT2D eigenvalue weighted by Gasteiger charge is 2.18. The van der Waals surface area contributed by atoms with E-state index in [1.54, 1.807) is 6.20 Å². The molecule has 5 heteroatoms. The third-order valence-corrected chi connectivity index (χ3v) is 2.10. The van der Waals surface area contributed by atoms with E-state index in [4.69, 9.17) is 17.3 Å². The van der Waals surface area contributed by atoms with Gasteiger partial charge in [0.2, 0.25) is 5.28 Å². The summed E-state index contributed by atoms with van der Waals surface area (Å²) in [6.45, 7) is 2.02. The molecule has 2 N–H and O–H groups in total. The Bertz CT molecular complexity index is 297. The molecule has 1 aromatic rings. The summed E-state index contributed by atoms with van der Waals surface area (Å²) < 4.78 is 0. The molecule has 0 radical (unpaired) electrons. The van der Waals surface area contributed by atoms with Gasteiger partial charge in [0, 0.05) is 13.1 Å². The summed E-state index contributed by atoms with van der Waals surface area (Å²) in [5.74, 6) is 0.765. The number of hydrogen-bond acceptors (Lipinski definition) is 4. The largest absolute Gasteiger partial charge is 0.394 e. The maximum Gasteiger partial charge on any atom is 0.224 e. The Hall–Kier alpha value is -1.03. The van der Waals surface area contributed by atoms with Crippen LogP contribution in [0.4, 0.5) is 11.5 Å². The SMILES string of the molecule is Nc1cnc(Cl)nc1N1CCC1. The van der Waals surface area contributed by atoms with Crippen LogP contribution < -0.4 is 10.6 Å². The maximum absolute atomic E-state index is 5.67. The first-order valence-corrected chi connectivity index (χ1v) is 4.18. The number of aromatic nitrogens is 2. The van der Waals surface area contributed by atoms with Crippen molar-refractivity contribution in [3.63, 3.8) is 0 Å². The molecule has 2 rings (SSSR count). The van der Waals surface area contributed by atoms with Crippen LogP contribution in [0.5, 0.6) is 0 Å². The van der Waals surface area contributed by atoms with Crippen LogP contribution in [0.3, 0.4) is 0 Å².